The molecule has 9 heteroatoms. The number of hydrogen-bond acceptors (Lipinski definition) is 4. The molecule has 0 radical (unpaired) electrons. The molecule has 0 bridgehead atoms. The van der Waals surface area contributed by atoms with Gasteiger partial charge in [-0.05, 0) is 18.2 Å². The first-order valence-electron chi connectivity index (χ1n) is 6.02. The molecule has 6 nitrogen and oxygen atoms in total. The van der Waals surface area contributed by atoms with Gasteiger partial charge >= 0.3 is 0 Å². The second-order valence-corrected chi connectivity index (χ2v) is 7.10. The van der Waals surface area contributed by atoms with E-state index in [0.717, 1.165) is 4.31 Å². The summed E-state index contributed by atoms with van der Waals surface area (Å²) >= 11 is 12.0. The highest BCUT2D eigenvalue weighted by molar-refractivity contribution is 7.93. The maximum atomic E-state index is 12.7. The van der Waals surface area contributed by atoms with Crippen molar-refractivity contribution in [2.75, 3.05) is 11.4 Å². The summed E-state index contributed by atoms with van der Waals surface area (Å²) in [6.45, 7) is 0. The van der Waals surface area contributed by atoms with Crippen LogP contribution < -0.4 is 9.53 Å². The minimum absolute atomic E-state index is 0.0889. The van der Waals surface area contributed by atoms with Crippen molar-refractivity contribution in [2.24, 2.45) is 0 Å². The Hall–Kier alpha value is -1.35. The van der Waals surface area contributed by atoms with Crippen LogP contribution in [0.15, 0.2) is 47.4 Å². The average Bonchev–Trinajstić information content (AvgIpc) is 2.46. The largest absolute Gasteiger partial charge is 0.595 e. The van der Waals surface area contributed by atoms with Gasteiger partial charge in [-0.2, -0.15) is 5.23 Å². The van der Waals surface area contributed by atoms with Gasteiger partial charge in [0.25, 0.3) is 10.0 Å². The summed E-state index contributed by atoms with van der Waals surface area (Å²) in [6, 6.07) is 9.92. The Labute approximate surface area is 137 Å². The van der Waals surface area contributed by atoms with Crippen LogP contribution in [-0.4, -0.2) is 20.7 Å². The van der Waals surface area contributed by atoms with Crippen LogP contribution in [-0.2, 0) is 10.0 Å². The van der Waals surface area contributed by atoms with Gasteiger partial charge < -0.3 is 5.21 Å². The number of quaternary nitrogens is 1. The van der Waals surface area contributed by atoms with Gasteiger partial charge in [-0.3, -0.25) is 4.31 Å². The van der Waals surface area contributed by atoms with E-state index in [-0.39, 0.29) is 26.3 Å². The summed E-state index contributed by atoms with van der Waals surface area (Å²) in [5.41, 5.74) is -0.233. The van der Waals surface area contributed by atoms with E-state index >= 15 is 0 Å². The van der Waals surface area contributed by atoms with E-state index in [9.17, 15) is 13.6 Å². The van der Waals surface area contributed by atoms with Crippen molar-refractivity contribution in [1.82, 2.24) is 0 Å². The van der Waals surface area contributed by atoms with E-state index in [1.165, 1.54) is 43.4 Å². The van der Waals surface area contributed by atoms with Gasteiger partial charge in [0.1, 0.15) is 0 Å². The van der Waals surface area contributed by atoms with Gasteiger partial charge in [0.05, 0.1) is 15.7 Å². The molecule has 118 valence electrons. The first-order chi connectivity index (χ1) is 10.3. The SMILES string of the molecule is CN(c1c(Cl)cccc1Cl)S(=O)(=O)c1ccccc1[NH+]([O-])O. The van der Waals surface area contributed by atoms with Crippen molar-refractivity contribution >= 4 is 44.6 Å². The van der Waals surface area contributed by atoms with E-state index in [1.54, 1.807) is 6.07 Å². The molecule has 0 heterocycles. The highest BCUT2D eigenvalue weighted by atomic mass is 35.5. The fraction of sp³-hybridized carbons (Fsp3) is 0.0769. The fourth-order valence-corrected chi connectivity index (χ4v) is 4.09. The van der Waals surface area contributed by atoms with Crippen molar-refractivity contribution in [1.29, 1.82) is 0 Å². The summed E-state index contributed by atoms with van der Waals surface area (Å²) in [5, 5.41) is 19.3. The lowest BCUT2D eigenvalue weighted by Crippen LogP contribution is -2.99. The lowest BCUT2D eigenvalue weighted by atomic mass is 10.3. The predicted octanol–water partition coefficient (Wildman–Crippen LogP) is 2.22. The standard InChI is InChI=1S/C13H12Cl2N2O4S/c1-16(13-9(14)5-4-6-10(13)15)22(20,21)12-8-3-2-7-11(12)17(18)19/h2-8,17-18H,1H3. The van der Waals surface area contributed by atoms with Gasteiger partial charge in [-0.15, -0.1) is 0 Å². The molecule has 2 aromatic rings. The van der Waals surface area contributed by atoms with Crippen molar-refractivity contribution in [3.05, 3.63) is 57.7 Å². The number of sulfonamides is 1. The molecule has 0 saturated heterocycles. The summed E-state index contributed by atoms with van der Waals surface area (Å²) in [6.07, 6.45) is 0. The fourth-order valence-electron chi connectivity index (χ4n) is 1.93. The first-order valence-corrected chi connectivity index (χ1v) is 8.21. The molecular formula is C13H12Cl2N2O4S. The van der Waals surface area contributed by atoms with Crippen LogP contribution in [0.25, 0.3) is 0 Å². The Morgan fingerprint density at radius 1 is 1.09 bits per heavy atom. The van der Waals surface area contributed by atoms with Gasteiger partial charge in [0.2, 0.25) is 0 Å². The number of halogens is 2. The third-order valence-corrected chi connectivity index (χ3v) is 5.43. The second-order valence-electron chi connectivity index (χ2n) is 4.34. The number of anilines is 1. The van der Waals surface area contributed by atoms with Gasteiger partial charge in [0.15, 0.2) is 10.6 Å². The Kier molecular flexibility index (Phi) is 4.96. The number of nitrogens with zero attached hydrogens (tertiary/aromatic N) is 1. The van der Waals surface area contributed by atoms with Crippen LogP contribution in [0.4, 0.5) is 11.4 Å². The van der Waals surface area contributed by atoms with Crippen molar-refractivity contribution in [3.63, 3.8) is 0 Å². The number of benzene rings is 2. The zero-order valence-corrected chi connectivity index (χ0v) is 13.7. The Morgan fingerprint density at radius 2 is 1.64 bits per heavy atom. The smallest absolute Gasteiger partial charge is 0.270 e. The molecule has 0 spiro atoms. The first kappa shape index (κ1) is 17.0. The van der Waals surface area contributed by atoms with Crippen LogP contribution in [0.3, 0.4) is 0 Å². The minimum Gasteiger partial charge on any atom is -0.595 e. The Bertz CT molecular complexity index is 776. The maximum absolute atomic E-state index is 12.7. The van der Waals surface area contributed by atoms with Crippen molar-refractivity contribution in [2.45, 2.75) is 4.90 Å². The molecule has 1 atom stereocenters. The quantitative estimate of drug-likeness (QED) is 0.816. The third kappa shape index (κ3) is 3.05. The van der Waals surface area contributed by atoms with E-state index in [4.69, 9.17) is 28.4 Å². The van der Waals surface area contributed by atoms with E-state index in [0.29, 0.717) is 0 Å². The number of para-hydroxylation sites is 2. The zero-order chi connectivity index (χ0) is 16.5. The summed E-state index contributed by atoms with van der Waals surface area (Å²) < 4.78 is 26.3. The average molecular weight is 363 g/mol. The van der Waals surface area contributed by atoms with Crippen LogP contribution in [0.1, 0.15) is 0 Å². The molecule has 1 unspecified atom stereocenters. The molecule has 2 rings (SSSR count). The molecule has 2 aromatic carbocycles. The van der Waals surface area contributed by atoms with Gasteiger partial charge in [-0.25, -0.2) is 13.6 Å². The van der Waals surface area contributed by atoms with E-state index in [1.807, 2.05) is 0 Å². The highest BCUT2D eigenvalue weighted by Crippen LogP contribution is 2.36. The molecule has 0 fully saturated rings. The lowest BCUT2D eigenvalue weighted by Gasteiger charge is -2.23. The maximum Gasteiger partial charge on any atom is 0.270 e. The summed E-state index contributed by atoms with van der Waals surface area (Å²) in [4.78, 5) is -0.332. The molecular weight excluding hydrogens is 351 g/mol. The van der Waals surface area contributed by atoms with Crippen LogP contribution in [0.2, 0.25) is 10.0 Å². The zero-order valence-electron chi connectivity index (χ0n) is 11.3. The predicted molar refractivity (Wildman–Crippen MR) is 84.3 cm³/mol. The van der Waals surface area contributed by atoms with Crippen molar-refractivity contribution < 1.29 is 18.9 Å². The number of nitrogens with one attached hydrogen (secondary N) is 1. The third-order valence-electron chi connectivity index (χ3n) is 3.01. The van der Waals surface area contributed by atoms with Crippen LogP contribution >= 0.6 is 23.2 Å². The second kappa shape index (κ2) is 6.41. The molecule has 2 N–H and O–H groups in total. The van der Waals surface area contributed by atoms with Gasteiger partial charge in [0, 0.05) is 13.1 Å². The van der Waals surface area contributed by atoms with Gasteiger partial charge in [-0.1, -0.05) is 41.4 Å². The molecule has 0 aromatic heterocycles. The summed E-state index contributed by atoms with van der Waals surface area (Å²) in [7, 11) is -2.86. The van der Waals surface area contributed by atoms with Crippen LogP contribution in [0, 0.1) is 5.21 Å². The Balaban J connectivity index is 2.61. The molecule has 0 aliphatic heterocycles. The topological polar surface area (TPSA) is 85.1 Å². The lowest BCUT2D eigenvalue weighted by molar-refractivity contribution is -0.992. The molecule has 0 aliphatic rings. The normalized spacial score (nSPS) is 13.0. The monoisotopic (exact) mass is 362 g/mol. The van der Waals surface area contributed by atoms with E-state index < -0.39 is 15.2 Å². The van der Waals surface area contributed by atoms with Crippen LogP contribution in [0.5, 0.6) is 0 Å². The number of hydrogen-bond donors (Lipinski definition) is 2. The molecule has 0 aliphatic carbocycles. The molecule has 22 heavy (non-hydrogen) atoms. The van der Waals surface area contributed by atoms with E-state index in [2.05, 4.69) is 0 Å². The minimum atomic E-state index is -4.13. The number of rotatable bonds is 4. The van der Waals surface area contributed by atoms with Crippen molar-refractivity contribution in [3.8, 4) is 0 Å². The highest BCUT2D eigenvalue weighted by Gasteiger charge is 2.29. The molecule has 0 amide bonds. The summed E-state index contributed by atoms with van der Waals surface area (Å²) in [5.74, 6) is 0. The molecule has 0 saturated carbocycles. The Morgan fingerprint density at radius 3 is 2.18 bits per heavy atom.